The van der Waals surface area contributed by atoms with Gasteiger partial charge in [-0.25, -0.2) is 4.98 Å². The fraction of sp³-hybridized carbons (Fsp3) is 0.333. The number of benzene rings is 1. The van der Waals surface area contributed by atoms with Gasteiger partial charge in [-0.3, -0.25) is 4.79 Å². The molecule has 0 saturated heterocycles. The molecule has 0 fully saturated rings. The number of rotatable bonds is 4. The van der Waals surface area contributed by atoms with Crippen molar-refractivity contribution in [2.45, 2.75) is 30.7 Å². The second kappa shape index (κ2) is 5.21. The second-order valence-electron chi connectivity index (χ2n) is 4.71. The second-order valence-corrected chi connectivity index (χ2v) is 5.77. The van der Waals surface area contributed by atoms with Crippen LogP contribution in [0, 0.1) is 0 Å². The van der Waals surface area contributed by atoms with E-state index in [1.165, 1.54) is 4.90 Å². The summed E-state index contributed by atoms with van der Waals surface area (Å²) >= 11 is 1.76. The van der Waals surface area contributed by atoms with E-state index in [4.69, 9.17) is 0 Å². The summed E-state index contributed by atoms with van der Waals surface area (Å²) in [6, 6.07) is 8.18. The van der Waals surface area contributed by atoms with Crippen molar-refractivity contribution in [1.29, 1.82) is 0 Å². The number of carbonyl (C=O) groups excluding carboxylic acids is 1. The molecule has 1 aromatic heterocycles. The Morgan fingerprint density at radius 3 is 3.16 bits per heavy atom. The van der Waals surface area contributed by atoms with Crippen LogP contribution in [-0.2, 0) is 6.54 Å². The van der Waals surface area contributed by atoms with Gasteiger partial charge in [0.1, 0.15) is 0 Å². The molecule has 0 amide bonds. The number of imidazole rings is 1. The van der Waals surface area contributed by atoms with Gasteiger partial charge < -0.3 is 4.57 Å². The predicted octanol–water partition coefficient (Wildman–Crippen LogP) is 3.37. The third-order valence-corrected chi connectivity index (χ3v) is 4.60. The van der Waals surface area contributed by atoms with E-state index < -0.39 is 0 Å². The molecule has 0 bridgehead atoms. The third kappa shape index (κ3) is 2.21. The van der Waals surface area contributed by atoms with Gasteiger partial charge in [-0.05, 0) is 18.1 Å². The number of carbonyl (C=O) groups is 1. The van der Waals surface area contributed by atoms with Gasteiger partial charge in [0.05, 0.1) is 5.92 Å². The Labute approximate surface area is 117 Å². The molecule has 0 saturated carbocycles. The van der Waals surface area contributed by atoms with Crippen LogP contribution in [0.5, 0.6) is 0 Å². The van der Waals surface area contributed by atoms with Crippen LogP contribution in [-0.4, -0.2) is 21.1 Å². The Kier molecular flexibility index (Phi) is 3.42. The average molecular weight is 272 g/mol. The Morgan fingerprint density at radius 2 is 2.32 bits per heavy atom. The summed E-state index contributed by atoms with van der Waals surface area (Å²) in [7, 11) is 0. The molecule has 19 heavy (non-hydrogen) atoms. The molecular weight excluding hydrogens is 256 g/mol. The fourth-order valence-corrected chi connectivity index (χ4v) is 3.72. The van der Waals surface area contributed by atoms with E-state index in [0.717, 1.165) is 24.3 Å². The van der Waals surface area contributed by atoms with Gasteiger partial charge in [0.25, 0.3) is 0 Å². The van der Waals surface area contributed by atoms with E-state index in [1.54, 1.807) is 18.0 Å². The first-order valence-corrected chi connectivity index (χ1v) is 7.57. The first-order chi connectivity index (χ1) is 9.31. The molecule has 98 valence electrons. The largest absolute Gasteiger partial charge is 0.329 e. The lowest BCUT2D eigenvalue weighted by Gasteiger charge is -2.11. The lowest BCUT2D eigenvalue weighted by Crippen LogP contribution is -2.18. The van der Waals surface area contributed by atoms with Crippen molar-refractivity contribution in [2.24, 2.45) is 0 Å². The molecule has 3 nitrogen and oxygen atoms in total. The molecule has 1 aliphatic rings. The SMILES string of the molecule is CCCn1ccnc1C(=O)C1CSc2ccccc21. The predicted molar refractivity (Wildman–Crippen MR) is 76.8 cm³/mol. The van der Waals surface area contributed by atoms with Crippen molar-refractivity contribution in [3.05, 3.63) is 48.0 Å². The van der Waals surface area contributed by atoms with Crippen LogP contribution in [0.15, 0.2) is 41.6 Å². The summed E-state index contributed by atoms with van der Waals surface area (Å²) in [5.74, 6) is 1.54. The molecule has 1 unspecified atom stereocenters. The molecular formula is C15H16N2OS. The quantitative estimate of drug-likeness (QED) is 0.800. The van der Waals surface area contributed by atoms with Crippen molar-refractivity contribution in [2.75, 3.05) is 5.75 Å². The number of ketones is 1. The first kappa shape index (κ1) is 12.5. The Morgan fingerprint density at radius 1 is 1.47 bits per heavy atom. The summed E-state index contributed by atoms with van der Waals surface area (Å²) in [6.45, 7) is 2.96. The van der Waals surface area contributed by atoms with E-state index in [1.807, 2.05) is 22.9 Å². The minimum atomic E-state index is -0.0424. The Bertz CT molecular complexity index is 606. The maximum Gasteiger partial charge on any atom is 0.206 e. The molecule has 0 spiro atoms. The molecule has 1 aromatic carbocycles. The standard InChI is InChI=1S/C15H16N2OS/c1-2-8-17-9-7-16-15(17)14(18)12-10-19-13-6-4-3-5-11(12)13/h3-7,9,12H,2,8,10H2,1H3. The van der Waals surface area contributed by atoms with E-state index >= 15 is 0 Å². The molecule has 1 aliphatic heterocycles. The van der Waals surface area contributed by atoms with Crippen molar-refractivity contribution < 1.29 is 4.79 Å². The van der Waals surface area contributed by atoms with E-state index in [2.05, 4.69) is 24.0 Å². The van der Waals surface area contributed by atoms with Crippen molar-refractivity contribution >= 4 is 17.5 Å². The molecule has 2 heterocycles. The van der Waals surface area contributed by atoms with E-state index in [9.17, 15) is 4.79 Å². The van der Waals surface area contributed by atoms with Gasteiger partial charge in [-0.1, -0.05) is 25.1 Å². The highest BCUT2D eigenvalue weighted by Gasteiger charge is 2.31. The maximum atomic E-state index is 12.7. The zero-order chi connectivity index (χ0) is 13.2. The van der Waals surface area contributed by atoms with Crippen LogP contribution in [0.3, 0.4) is 0 Å². The summed E-state index contributed by atoms with van der Waals surface area (Å²) in [4.78, 5) is 18.2. The molecule has 1 atom stereocenters. The Balaban J connectivity index is 1.91. The highest BCUT2D eigenvalue weighted by atomic mass is 32.2. The summed E-state index contributed by atoms with van der Waals surface area (Å²) in [5.41, 5.74) is 1.16. The number of hydrogen-bond acceptors (Lipinski definition) is 3. The molecule has 0 aliphatic carbocycles. The molecule has 2 aromatic rings. The van der Waals surface area contributed by atoms with Gasteiger partial charge in [-0.15, -0.1) is 11.8 Å². The van der Waals surface area contributed by atoms with Crippen molar-refractivity contribution in [3.63, 3.8) is 0 Å². The molecule has 3 rings (SSSR count). The van der Waals surface area contributed by atoms with Gasteiger partial charge in [0.2, 0.25) is 5.78 Å². The van der Waals surface area contributed by atoms with Gasteiger partial charge in [-0.2, -0.15) is 0 Å². The minimum absolute atomic E-state index is 0.0424. The number of aromatic nitrogens is 2. The molecule has 0 N–H and O–H groups in total. The zero-order valence-corrected chi connectivity index (χ0v) is 11.7. The van der Waals surface area contributed by atoms with E-state index in [0.29, 0.717) is 5.82 Å². The monoisotopic (exact) mass is 272 g/mol. The van der Waals surface area contributed by atoms with Crippen LogP contribution in [0.1, 0.15) is 35.4 Å². The van der Waals surface area contributed by atoms with Gasteiger partial charge in [0, 0.05) is 29.6 Å². The lowest BCUT2D eigenvalue weighted by atomic mass is 9.96. The lowest BCUT2D eigenvalue weighted by molar-refractivity contribution is 0.0954. The van der Waals surface area contributed by atoms with Crippen LogP contribution in [0.25, 0.3) is 0 Å². The number of aryl methyl sites for hydroxylation is 1. The van der Waals surface area contributed by atoms with Gasteiger partial charge in [0.15, 0.2) is 5.82 Å². The summed E-state index contributed by atoms with van der Waals surface area (Å²) in [6.07, 6.45) is 4.62. The number of hydrogen-bond donors (Lipinski definition) is 0. The topological polar surface area (TPSA) is 34.9 Å². The average Bonchev–Trinajstić information content (AvgIpc) is 3.04. The first-order valence-electron chi connectivity index (χ1n) is 6.58. The number of nitrogens with zero attached hydrogens (tertiary/aromatic N) is 2. The number of Topliss-reactive ketones (excluding diaryl/α,β-unsaturated/α-hetero) is 1. The molecule has 0 radical (unpaired) electrons. The highest BCUT2D eigenvalue weighted by molar-refractivity contribution is 7.99. The normalized spacial score (nSPS) is 17.4. The highest BCUT2D eigenvalue weighted by Crippen LogP contribution is 2.40. The van der Waals surface area contributed by atoms with Crippen LogP contribution in [0.4, 0.5) is 0 Å². The third-order valence-electron chi connectivity index (χ3n) is 3.42. The van der Waals surface area contributed by atoms with Crippen molar-refractivity contribution in [3.8, 4) is 0 Å². The van der Waals surface area contributed by atoms with Gasteiger partial charge >= 0.3 is 0 Å². The molecule has 4 heteroatoms. The smallest absolute Gasteiger partial charge is 0.206 e. The Hall–Kier alpha value is -1.55. The number of fused-ring (bicyclic) bond motifs is 1. The van der Waals surface area contributed by atoms with E-state index in [-0.39, 0.29) is 11.7 Å². The fourth-order valence-electron chi connectivity index (χ4n) is 2.49. The van der Waals surface area contributed by atoms with Crippen LogP contribution in [0.2, 0.25) is 0 Å². The van der Waals surface area contributed by atoms with Crippen molar-refractivity contribution in [1.82, 2.24) is 9.55 Å². The summed E-state index contributed by atoms with van der Waals surface area (Å²) < 4.78 is 1.97. The zero-order valence-electron chi connectivity index (χ0n) is 10.9. The summed E-state index contributed by atoms with van der Waals surface area (Å²) in [5, 5.41) is 0. The van der Waals surface area contributed by atoms with Crippen LogP contribution < -0.4 is 0 Å². The maximum absolute atomic E-state index is 12.7. The van der Waals surface area contributed by atoms with Crippen LogP contribution >= 0.6 is 11.8 Å². The number of thioether (sulfide) groups is 1. The minimum Gasteiger partial charge on any atom is -0.329 e.